The molecule has 0 fully saturated rings. The van der Waals surface area contributed by atoms with Crippen LogP contribution in [-0.4, -0.2) is 20.6 Å². The minimum atomic E-state index is -1.04. The predicted molar refractivity (Wildman–Crippen MR) is 63.1 cm³/mol. The highest BCUT2D eigenvalue weighted by molar-refractivity contribution is 5.78. The van der Waals surface area contributed by atoms with Crippen LogP contribution in [0.1, 0.15) is 18.5 Å². The second-order valence-corrected chi connectivity index (χ2v) is 3.99. The highest BCUT2D eigenvalue weighted by Crippen LogP contribution is 2.10. The number of nitrogens with zero attached hydrogens (tertiary/aromatic N) is 2. The second kappa shape index (κ2) is 4.01. The summed E-state index contributed by atoms with van der Waals surface area (Å²) in [6, 6.07) is 2.48. The molecule has 1 unspecified atom stereocenters. The lowest BCUT2D eigenvalue weighted by atomic mass is 10.2. The van der Waals surface area contributed by atoms with Gasteiger partial charge in [0.2, 0.25) is 0 Å². The summed E-state index contributed by atoms with van der Waals surface area (Å²) in [5, 5.41) is 9.36. The maximum absolute atomic E-state index is 12.1. The molecule has 0 amide bonds. The fourth-order valence-electron chi connectivity index (χ4n) is 1.67. The Balaban J connectivity index is 2.73. The molecule has 88 valence electrons. The van der Waals surface area contributed by atoms with Gasteiger partial charge in [0.25, 0.3) is 5.56 Å². The lowest BCUT2D eigenvalue weighted by Crippen LogP contribution is -2.27. The van der Waals surface area contributed by atoms with Crippen molar-refractivity contribution in [2.24, 2.45) is 0 Å². The maximum atomic E-state index is 12.1. The van der Waals surface area contributed by atoms with E-state index in [1.54, 1.807) is 18.3 Å². The molecule has 1 N–H and O–H groups in total. The molecule has 0 saturated carbocycles. The van der Waals surface area contributed by atoms with Gasteiger partial charge in [-0.3, -0.25) is 9.78 Å². The lowest BCUT2D eigenvalue weighted by molar-refractivity contribution is -0.140. The van der Waals surface area contributed by atoms with Crippen LogP contribution in [0.15, 0.2) is 29.3 Å². The molecular weight excluding hydrogens is 220 g/mol. The molecule has 0 aliphatic rings. The number of hydrogen-bond donors (Lipinski definition) is 1. The maximum Gasteiger partial charge on any atom is 0.326 e. The number of carbonyl (C=O) groups is 1. The van der Waals surface area contributed by atoms with E-state index in [4.69, 9.17) is 5.11 Å². The van der Waals surface area contributed by atoms with Crippen LogP contribution in [0.25, 0.3) is 10.9 Å². The monoisotopic (exact) mass is 232 g/mol. The summed E-state index contributed by atoms with van der Waals surface area (Å²) in [6.45, 7) is 3.31. The van der Waals surface area contributed by atoms with Crippen LogP contribution in [0.2, 0.25) is 0 Å². The fraction of sp³-hybridized carbons (Fsp3) is 0.250. The minimum absolute atomic E-state index is 0.325. The van der Waals surface area contributed by atoms with Crippen LogP contribution in [0.4, 0.5) is 0 Å². The highest BCUT2D eigenvalue weighted by atomic mass is 16.4. The van der Waals surface area contributed by atoms with Crippen LogP contribution in [0.3, 0.4) is 0 Å². The number of fused-ring (bicyclic) bond motifs is 1. The van der Waals surface area contributed by atoms with Crippen molar-refractivity contribution in [1.82, 2.24) is 9.55 Å². The van der Waals surface area contributed by atoms with Crippen molar-refractivity contribution < 1.29 is 9.90 Å². The third-order valence-corrected chi connectivity index (χ3v) is 2.69. The van der Waals surface area contributed by atoms with Crippen molar-refractivity contribution in [3.05, 3.63) is 40.4 Å². The van der Waals surface area contributed by atoms with E-state index in [0.717, 1.165) is 5.56 Å². The summed E-state index contributed by atoms with van der Waals surface area (Å²) in [6.07, 6.45) is 3.14. The summed E-state index contributed by atoms with van der Waals surface area (Å²) >= 11 is 0. The van der Waals surface area contributed by atoms with Crippen molar-refractivity contribution in [1.29, 1.82) is 0 Å². The lowest BCUT2D eigenvalue weighted by Gasteiger charge is -2.11. The normalized spacial score (nSPS) is 12.6. The van der Waals surface area contributed by atoms with E-state index in [2.05, 4.69) is 4.98 Å². The Bertz CT molecular complexity index is 646. The van der Waals surface area contributed by atoms with Crippen LogP contribution < -0.4 is 5.56 Å². The van der Waals surface area contributed by atoms with E-state index < -0.39 is 12.0 Å². The number of carboxylic acids is 1. The van der Waals surface area contributed by atoms with Gasteiger partial charge in [0.05, 0.1) is 10.9 Å². The molecule has 2 heterocycles. The zero-order valence-electron chi connectivity index (χ0n) is 9.54. The second-order valence-electron chi connectivity index (χ2n) is 3.99. The van der Waals surface area contributed by atoms with Crippen molar-refractivity contribution in [2.75, 3.05) is 0 Å². The molecule has 0 radical (unpaired) electrons. The van der Waals surface area contributed by atoms with E-state index in [1.807, 2.05) is 6.92 Å². The number of hydrogen-bond acceptors (Lipinski definition) is 3. The van der Waals surface area contributed by atoms with Gasteiger partial charge in [0, 0.05) is 12.4 Å². The van der Waals surface area contributed by atoms with Gasteiger partial charge in [-0.25, -0.2) is 4.79 Å². The molecule has 1 atom stereocenters. The summed E-state index contributed by atoms with van der Waals surface area (Å²) in [5.74, 6) is -1.04. The molecule has 0 saturated heterocycles. The van der Waals surface area contributed by atoms with Gasteiger partial charge >= 0.3 is 5.97 Å². The zero-order valence-corrected chi connectivity index (χ0v) is 9.54. The Morgan fingerprint density at radius 1 is 1.53 bits per heavy atom. The largest absolute Gasteiger partial charge is 0.480 e. The topological polar surface area (TPSA) is 72.2 Å². The van der Waals surface area contributed by atoms with Gasteiger partial charge < -0.3 is 9.67 Å². The molecule has 0 bridgehead atoms. The molecule has 0 aromatic carbocycles. The van der Waals surface area contributed by atoms with Crippen LogP contribution in [-0.2, 0) is 4.79 Å². The molecule has 5 nitrogen and oxygen atoms in total. The molecule has 2 rings (SSSR count). The first-order valence-electron chi connectivity index (χ1n) is 5.21. The van der Waals surface area contributed by atoms with Crippen LogP contribution >= 0.6 is 0 Å². The first-order chi connectivity index (χ1) is 8.00. The van der Waals surface area contributed by atoms with Crippen molar-refractivity contribution in [3.8, 4) is 0 Å². The smallest absolute Gasteiger partial charge is 0.326 e. The van der Waals surface area contributed by atoms with Crippen molar-refractivity contribution >= 4 is 16.9 Å². The SMILES string of the molecule is Cc1cnc2ccn(C(C)C(=O)O)c(=O)c2c1. The van der Waals surface area contributed by atoms with Crippen LogP contribution in [0, 0.1) is 6.92 Å². The van der Waals surface area contributed by atoms with E-state index >= 15 is 0 Å². The Hall–Kier alpha value is -2.17. The van der Waals surface area contributed by atoms with Crippen LogP contribution in [0.5, 0.6) is 0 Å². The number of aryl methyl sites for hydroxylation is 1. The zero-order chi connectivity index (χ0) is 12.6. The third kappa shape index (κ3) is 1.91. The van der Waals surface area contributed by atoms with Gasteiger partial charge in [-0.05, 0) is 31.5 Å². The first kappa shape index (κ1) is 11.3. The quantitative estimate of drug-likeness (QED) is 0.848. The summed E-state index contributed by atoms with van der Waals surface area (Å²) in [4.78, 5) is 27.1. The van der Waals surface area contributed by atoms with Crippen molar-refractivity contribution in [2.45, 2.75) is 19.9 Å². The Morgan fingerprint density at radius 2 is 2.24 bits per heavy atom. The van der Waals surface area contributed by atoms with Gasteiger partial charge in [-0.15, -0.1) is 0 Å². The number of rotatable bonds is 2. The number of aromatic nitrogens is 2. The Kier molecular flexibility index (Phi) is 2.67. The van der Waals surface area contributed by atoms with E-state index in [9.17, 15) is 9.59 Å². The number of carboxylic acid groups (broad SMARTS) is 1. The fourth-order valence-corrected chi connectivity index (χ4v) is 1.67. The average Bonchev–Trinajstić information content (AvgIpc) is 2.29. The van der Waals surface area contributed by atoms with Crippen molar-refractivity contribution in [3.63, 3.8) is 0 Å². The molecule has 2 aromatic heterocycles. The average molecular weight is 232 g/mol. The molecule has 0 aliphatic heterocycles. The standard InChI is InChI=1S/C12H12N2O3/c1-7-5-9-10(13-6-7)3-4-14(11(9)15)8(2)12(16)17/h3-6,8H,1-2H3,(H,16,17). The van der Waals surface area contributed by atoms with Gasteiger partial charge in [0.15, 0.2) is 0 Å². The Labute approximate surface area is 97.3 Å². The number of aliphatic carboxylic acids is 1. The first-order valence-corrected chi connectivity index (χ1v) is 5.21. The predicted octanol–water partition coefficient (Wildman–Crippen LogP) is 1.35. The number of pyridine rings is 2. The molecule has 17 heavy (non-hydrogen) atoms. The highest BCUT2D eigenvalue weighted by Gasteiger charge is 2.15. The minimum Gasteiger partial charge on any atom is -0.480 e. The van der Waals surface area contributed by atoms with E-state index in [-0.39, 0.29) is 5.56 Å². The molecule has 0 spiro atoms. The Morgan fingerprint density at radius 3 is 2.88 bits per heavy atom. The third-order valence-electron chi connectivity index (χ3n) is 2.69. The molecular formula is C12H12N2O3. The molecule has 0 aliphatic carbocycles. The summed E-state index contributed by atoms with van der Waals surface area (Å²) in [7, 11) is 0. The van der Waals surface area contributed by atoms with E-state index in [0.29, 0.717) is 10.9 Å². The van der Waals surface area contributed by atoms with E-state index in [1.165, 1.54) is 17.7 Å². The van der Waals surface area contributed by atoms with Gasteiger partial charge in [-0.1, -0.05) is 0 Å². The van der Waals surface area contributed by atoms with Gasteiger partial charge in [-0.2, -0.15) is 0 Å². The summed E-state index contributed by atoms with van der Waals surface area (Å²) < 4.78 is 1.20. The molecule has 2 aromatic rings. The summed E-state index contributed by atoms with van der Waals surface area (Å²) in [5.41, 5.74) is 1.12. The molecule has 5 heteroatoms. The van der Waals surface area contributed by atoms with Gasteiger partial charge in [0.1, 0.15) is 6.04 Å².